The minimum atomic E-state index is -0.116. The Labute approximate surface area is 77.8 Å². The van der Waals surface area contributed by atoms with Crippen LogP contribution in [0.2, 0.25) is 0 Å². The summed E-state index contributed by atoms with van der Waals surface area (Å²) < 4.78 is 0. The van der Waals surface area contributed by atoms with Crippen LogP contribution >= 0.6 is 0 Å². The van der Waals surface area contributed by atoms with Crippen LogP contribution < -0.4 is 11.5 Å². The lowest BCUT2D eigenvalue weighted by Crippen LogP contribution is -2.08. The van der Waals surface area contributed by atoms with Crippen LogP contribution in [0.15, 0.2) is 21.8 Å². The van der Waals surface area contributed by atoms with E-state index < -0.39 is 0 Å². The Morgan fingerprint density at radius 1 is 1.15 bits per heavy atom. The van der Waals surface area contributed by atoms with Crippen molar-refractivity contribution in [1.82, 2.24) is 0 Å². The molecule has 0 atom stereocenters. The van der Waals surface area contributed by atoms with Crippen LogP contribution in [0, 0.1) is 5.41 Å². The molecule has 0 bridgehead atoms. The first-order valence-electron chi connectivity index (χ1n) is 3.80. The predicted molar refractivity (Wildman–Crippen MR) is 56.1 cm³/mol. The third-order valence-electron chi connectivity index (χ3n) is 1.00. The lowest BCUT2D eigenvalue weighted by Gasteiger charge is -1.94. The first-order chi connectivity index (χ1) is 5.91. The quantitative estimate of drug-likeness (QED) is 0.408. The van der Waals surface area contributed by atoms with E-state index in [0.717, 1.165) is 0 Å². The predicted octanol–water partition coefficient (Wildman–Crippen LogP) is 0.622. The highest BCUT2D eigenvalue weighted by atomic mass is 15.0. The van der Waals surface area contributed by atoms with Gasteiger partial charge < -0.3 is 11.5 Å². The Morgan fingerprint density at radius 3 is 2.08 bits per heavy atom. The van der Waals surface area contributed by atoms with Gasteiger partial charge in [0.2, 0.25) is 5.96 Å². The fraction of sp³-hybridized carbons (Fsp3) is 0.375. The molecule has 0 aliphatic rings. The van der Waals surface area contributed by atoms with Crippen molar-refractivity contribution < 1.29 is 0 Å². The molecule has 5 N–H and O–H groups in total. The molecule has 0 saturated heterocycles. The molecule has 0 aromatic rings. The normalized spacial score (nSPS) is 14.5. The fourth-order valence-corrected chi connectivity index (χ4v) is 0.721. The van der Waals surface area contributed by atoms with Crippen molar-refractivity contribution in [2.24, 2.45) is 21.5 Å². The highest BCUT2D eigenvalue weighted by molar-refractivity contribution is 6.04. The molecule has 0 amide bonds. The first kappa shape index (κ1) is 11.4. The molecule has 0 aromatic carbocycles. The van der Waals surface area contributed by atoms with Crippen LogP contribution in [0.25, 0.3) is 0 Å². The number of allylic oxidation sites excluding steroid dienone is 2. The summed E-state index contributed by atoms with van der Waals surface area (Å²) in [6, 6.07) is 0. The molecule has 0 aliphatic carbocycles. The van der Waals surface area contributed by atoms with E-state index in [1.54, 1.807) is 26.8 Å². The Kier molecular flexibility index (Phi) is 4.43. The van der Waals surface area contributed by atoms with Crippen LogP contribution in [0.1, 0.15) is 20.8 Å². The van der Waals surface area contributed by atoms with Gasteiger partial charge in [0.25, 0.3) is 0 Å². The molecule has 13 heavy (non-hydrogen) atoms. The van der Waals surface area contributed by atoms with E-state index in [1.807, 2.05) is 0 Å². The van der Waals surface area contributed by atoms with Crippen LogP contribution in [-0.2, 0) is 0 Å². The van der Waals surface area contributed by atoms with Crippen molar-refractivity contribution >= 4 is 17.5 Å². The van der Waals surface area contributed by atoms with E-state index in [0.29, 0.717) is 17.2 Å². The fourth-order valence-electron chi connectivity index (χ4n) is 0.721. The molecule has 0 aliphatic heterocycles. The van der Waals surface area contributed by atoms with Gasteiger partial charge in [-0.25, -0.2) is 4.99 Å². The highest BCUT2D eigenvalue weighted by Crippen LogP contribution is 1.88. The standard InChI is InChI=1S/C8H15N5/c1-5(9)4-6(2)12-8(11)13-7(3)10/h4H,9H2,1-3H3,(H3,10,11,13). The van der Waals surface area contributed by atoms with Gasteiger partial charge in [0.15, 0.2) is 0 Å². The van der Waals surface area contributed by atoms with Gasteiger partial charge in [-0.1, -0.05) is 0 Å². The smallest absolute Gasteiger partial charge is 0.243 e. The number of guanidine groups is 1. The molecular formula is C8H15N5. The van der Waals surface area contributed by atoms with Gasteiger partial charge >= 0.3 is 0 Å². The lowest BCUT2D eigenvalue weighted by molar-refractivity contribution is 1.31. The molecule has 0 heterocycles. The number of aliphatic imine (C=N–C) groups is 2. The lowest BCUT2D eigenvalue weighted by atomic mass is 10.3. The zero-order valence-corrected chi connectivity index (χ0v) is 8.13. The Balaban J connectivity index is 4.50. The molecule has 5 heteroatoms. The van der Waals surface area contributed by atoms with Gasteiger partial charge in [-0.15, -0.1) is 0 Å². The highest BCUT2D eigenvalue weighted by Gasteiger charge is 1.91. The van der Waals surface area contributed by atoms with E-state index in [1.165, 1.54) is 0 Å². The van der Waals surface area contributed by atoms with Crippen LogP contribution in [-0.4, -0.2) is 17.5 Å². The zero-order valence-electron chi connectivity index (χ0n) is 8.13. The molecule has 0 saturated carbocycles. The Bertz CT molecular complexity index is 277. The third-order valence-corrected chi connectivity index (χ3v) is 1.00. The number of nitrogens with one attached hydrogen (secondary N) is 1. The van der Waals surface area contributed by atoms with Gasteiger partial charge in [-0.3, -0.25) is 5.41 Å². The van der Waals surface area contributed by atoms with E-state index in [9.17, 15) is 0 Å². The minimum absolute atomic E-state index is 0.116. The third kappa shape index (κ3) is 6.74. The maximum atomic E-state index is 7.27. The van der Waals surface area contributed by atoms with E-state index in [2.05, 4.69) is 9.98 Å². The van der Waals surface area contributed by atoms with Gasteiger partial charge in [0, 0.05) is 11.4 Å². The molecule has 0 rings (SSSR count). The molecule has 0 aromatic heterocycles. The van der Waals surface area contributed by atoms with Gasteiger partial charge in [-0.05, 0) is 26.8 Å². The summed E-state index contributed by atoms with van der Waals surface area (Å²) in [5.74, 6) is 0.199. The summed E-state index contributed by atoms with van der Waals surface area (Å²) in [6.45, 7) is 5.09. The second kappa shape index (κ2) is 5.08. The van der Waals surface area contributed by atoms with E-state index >= 15 is 0 Å². The number of rotatable bonds is 1. The molecule has 5 nitrogen and oxygen atoms in total. The van der Waals surface area contributed by atoms with Crippen molar-refractivity contribution in [1.29, 1.82) is 5.41 Å². The SMILES string of the molecule is CC(N)=CC(C)=NC(=N)N=C(C)N. The van der Waals surface area contributed by atoms with Crippen LogP contribution in [0.5, 0.6) is 0 Å². The average molecular weight is 181 g/mol. The van der Waals surface area contributed by atoms with Crippen molar-refractivity contribution in [3.63, 3.8) is 0 Å². The van der Waals surface area contributed by atoms with Crippen molar-refractivity contribution in [2.75, 3.05) is 0 Å². The van der Waals surface area contributed by atoms with Gasteiger partial charge in [0.1, 0.15) is 0 Å². The van der Waals surface area contributed by atoms with Crippen LogP contribution in [0.4, 0.5) is 0 Å². The molecule has 0 spiro atoms. The maximum Gasteiger partial charge on any atom is 0.243 e. The average Bonchev–Trinajstić information content (AvgIpc) is 1.80. The number of nitrogens with zero attached hydrogens (tertiary/aromatic N) is 2. The summed E-state index contributed by atoms with van der Waals surface area (Å²) >= 11 is 0. The van der Waals surface area contributed by atoms with Crippen LogP contribution in [0.3, 0.4) is 0 Å². The monoisotopic (exact) mass is 181 g/mol. The summed E-state index contributed by atoms with van der Waals surface area (Å²) in [7, 11) is 0. The molecule has 0 radical (unpaired) electrons. The first-order valence-corrected chi connectivity index (χ1v) is 3.80. The zero-order chi connectivity index (χ0) is 10.4. The van der Waals surface area contributed by atoms with Gasteiger partial charge in [0.05, 0.1) is 5.84 Å². The van der Waals surface area contributed by atoms with E-state index in [4.69, 9.17) is 16.9 Å². The summed E-state index contributed by atoms with van der Waals surface area (Å²) in [5, 5.41) is 7.27. The minimum Gasteiger partial charge on any atom is -0.402 e. The summed E-state index contributed by atoms with van der Waals surface area (Å²) in [6.07, 6.45) is 1.66. The number of hydrogen-bond acceptors (Lipinski definition) is 2. The van der Waals surface area contributed by atoms with E-state index in [-0.39, 0.29) is 5.96 Å². The number of amidine groups is 1. The molecule has 72 valence electrons. The number of hydrogen-bond donors (Lipinski definition) is 3. The number of nitrogens with two attached hydrogens (primary N) is 2. The molecule has 0 fully saturated rings. The Hall–Kier alpha value is -1.65. The van der Waals surface area contributed by atoms with Crippen molar-refractivity contribution in [3.8, 4) is 0 Å². The maximum absolute atomic E-state index is 7.27. The topological polar surface area (TPSA) is 101 Å². The van der Waals surface area contributed by atoms with Gasteiger partial charge in [-0.2, -0.15) is 4.99 Å². The largest absolute Gasteiger partial charge is 0.402 e. The second-order valence-electron chi connectivity index (χ2n) is 2.72. The Morgan fingerprint density at radius 2 is 1.69 bits per heavy atom. The second-order valence-corrected chi connectivity index (χ2v) is 2.72. The van der Waals surface area contributed by atoms with Crippen molar-refractivity contribution in [3.05, 3.63) is 11.8 Å². The molecular weight excluding hydrogens is 166 g/mol. The summed E-state index contributed by atoms with van der Waals surface area (Å²) in [5.41, 5.74) is 12.0. The molecule has 0 unspecified atom stereocenters. The summed E-state index contributed by atoms with van der Waals surface area (Å²) in [4.78, 5) is 7.48. The van der Waals surface area contributed by atoms with Crippen molar-refractivity contribution in [2.45, 2.75) is 20.8 Å².